The van der Waals surface area contributed by atoms with E-state index in [-0.39, 0.29) is 5.41 Å². The van der Waals surface area contributed by atoms with Gasteiger partial charge >= 0.3 is 0 Å². The first-order valence-electron chi connectivity index (χ1n) is 8.37. The van der Waals surface area contributed by atoms with Gasteiger partial charge in [-0.05, 0) is 43.1 Å². The number of nitrogens with two attached hydrogens (primary N) is 1. The molecule has 2 rings (SSSR count). The van der Waals surface area contributed by atoms with Crippen molar-refractivity contribution in [1.82, 2.24) is 0 Å². The molecule has 1 aliphatic carbocycles. The first-order valence-corrected chi connectivity index (χ1v) is 8.37. The van der Waals surface area contributed by atoms with Gasteiger partial charge in [-0.2, -0.15) is 0 Å². The van der Waals surface area contributed by atoms with Gasteiger partial charge in [0.05, 0.1) is 5.60 Å². The van der Waals surface area contributed by atoms with Gasteiger partial charge in [0.25, 0.3) is 0 Å². The van der Waals surface area contributed by atoms with Crippen LogP contribution in [0.5, 0.6) is 0 Å². The van der Waals surface area contributed by atoms with Gasteiger partial charge in [-0.15, -0.1) is 0 Å². The van der Waals surface area contributed by atoms with Crippen LogP contribution in [0.15, 0.2) is 30.3 Å². The molecule has 1 saturated carbocycles. The van der Waals surface area contributed by atoms with Crippen molar-refractivity contribution in [3.8, 4) is 0 Å². The molecule has 3 N–H and O–H groups in total. The first kappa shape index (κ1) is 16.5. The molecule has 1 atom stereocenters. The molecule has 0 spiro atoms. The smallest absolute Gasteiger partial charge is 0.0964 e. The van der Waals surface area contributed by atoms with Crippen LogP contribution in [-0.4, -0.2) is 11.7 Å². The van der Waals surface area contributed by atoms with Crippen LogP contribution >= 0.6 is 0 Å². The summed E-state index contributed by atoms with van der Waals surface area (Å²) in [5, 5.41) is 11.6. The lowest BCUT2D eigenvalue weighted by molar-refractivity contribution is -0.124. The van der Waals surface area contributed by atoms with Crippen LogP contribution in [0.4, 0.5) is 0 Å². The lowest BCUT2D eigenvalue weighted by Gasteiger charge is -2.52. The van der Waals surface area contributed by atoms with E-state index in [0.29, 0.717) is 12.0 Å². The highest BCUT2D eigenvalue weighted by molar-refractivity contribution is 5.26. The standard InChI is InChI=1S/C19H31NO/c1-4-10-19(21,16-8-6-5-7-9-16)18(15-20)13-11-17(2,3)12-14-18/h5-9,21H,4,10-15,20H2,1-3H3. The van der Waals surface area contributed by atoms with Gasteiger partial charge in [0, 0.05) is 12.0 Å². The van der Waals surface area contributed by atoms with Crippen molar-refractivity contribution in [1.29, 1.82) is 0 Å². The fourth-order valence-corrected chi connectivity index (χ4v) is 3.98. The summed E-state index contributed by atoms with van der Waals surface area (Å²) in [6.45, 7) is 7.36. The fourth-order valence-electron chi connectivity index (χ4n) is 3.98. The number of hydrogen-bond donors (Lipinski definition) is 2. The second-order valence-corrected chi connectivity index (χ2v) is 7.62. The first-order chi connectivity index (χ1) is 9.89. The van der Waals surface area contributed by atoms with Gasteiger partial charge in [0.1, 0.15) is 0 Å². The Kier molecular flexibility index (Phi) is 4.79. The highest BCUT2D eigenvalue weighted by Crippen LogP contribution is 2.55. The maximum atomic E-state index is 11.6. The van der Waals surface area contributed by atoms with E-state index in [4.69, 9.17) is 5.73 Å². The van der Waals surface area contributed by atoms with Crippen LogP contribution in [0.1, 0.15) is 64.9 Å². The summed E-state index contributed by atoms with van der Waals surface area (Å²) in [5.41, 5.74) is 6.66. The molecule has 1 unspecified atom stereocenters. The Morgan fingerprint density at radius 1 is 1.10 bits per heavy atom. The molecule has 0 radical (unpaired) electrons. The predicted octanol–water partition coefficient (Wildman–Crippen LogP) is 4.22. The van der Waals surface area contributed by atoms with Gasteiger partial charge in [-0.1, -0.05) is 57.5 Å². The van der Waals surface area contributed by atoms with E-state index in [0.717, 1.165) is 44.1 Å². The third-order valence-electron chi connectivity index (χ3n) is 5.69. The van der Waals surface area contributed by atoms with Crippen LogP contribution < -0.4 is 5.73 Å². The summed E-state index contributed by atoms with van der Waals surface area (Å²) in [6.07, 6.45) is 6.07. The molecule has 1 aromatic carbocycles. The zero-order valence-electron chi connectivity index (χ0n) is 13.9. The van der Waals surface area contributed by atoms with E-state index in [1.807, 2.05) is 18.2 Å². The molecule has 118 valence electrons. The molecule has 2 nitrogen and oxygen atoms in total. The second kappa shape index (κ2) is 6.10. The van der Waals surface area contributed by atoms with E-state index in [1.54, 1.807) is 0 Å². The quantitative estimate of drug-likeness (QED) is 0.852. The zero-order chi connectivity index (χ0) is 15.6. The molecular formula is C19H31NO. The van der Waals surface area contributed by atoms with Gasteiger partial charge in [0.15, 0.2) is 0 Å². The van der Waals surface area contributed by atoms with Crippen LogP contribution in [0.3, 0.4) is 0 Å². The average Bonchev–Trinajstić information content (AvgIpc) is 2.49. The predicted molar refractivity (Wildman–Crippen MR) is 89.0 cm³/mol. The molecule has 1 aromatic rings. The summed E-state index contributed by atoms with van der Waals surface area (Å²) in [7, 11) is 0. The highest BCUT2D eigenvalue weighted by atomic mass is 16.3. The van der Waals surface area contributed by atoms with Crippen LogP contribution in [0.2, 0.25) is 0 Å². The average molecular weight is 289 g/mol. The second-order valence-electron chi connectivity index (χ2n) is 7.62. The number of hydrogen-bond acceptors (Lipinski definition) is 2. The van der Waals surface area contributed by atoms with E-state index in [2.05, 4.69) is 32.9 Å². The summed E-state index contributed by atoms with van der Waals surface area (Å²) in [6, 6.07) is 10.2. The number of benzene rings is 1. The minimum atomic E-state index is -0.797. The summed E-state index contributed by atoms with van der Waals surface area (Å²) >= 11 is 0. The summed E-state index contributed by atoms with van der Waals surface area (Å²) < 4.78 is 0. The van der Waals surface area contributed by atoms with Gasteiger partial charge in [-0.3, -0.25) is 0 Å². The minimum Gasteiger partial charge on any atom is -0.385 e. The van der Waals surface area contributed by atoms with Crippen molar-refractivity contribution >= 4 is 0 Å². The molecule has 21 heavy (non-hydrogen) atoms. The third kappa shape index (κ3) is 3.02. The van der Waals surface area contributed by atoms with E-state index < -0.39 is 5.60 Å². The van der Waals surface area contributed by atoms with Crippen molar-refractivity contribution in [2.45, 2.75) is 64.9 Å². The van der Waals surface area contributed by atoms with Gasteiger partial charge in [0.2, 0.25) is 0 Å². The van der Waals surface area contributed by atoms with E-state index >= 15 is 0 Å². The topological polar surface area (TPSA) is 46.2 Å². The Balaban J connectivity index is 2.40. The zero-order valence-corrected chi connectivity index (χ0v) is 13.9. The largest absolute Gasteiger partial charge is 0.385 e. The molecule has 0 aliphatic heterocycles. The summed E-state index contributed by atoms with van der Waals surface area (Å²) in [5.74, 6) is 0. The van der Waals surface area contributed by atoms with E-state index in [9.17, 15) is 5.11 Å². The fraction of sp³-hybridized carbons (Fsp3) is 0.684. The molecule has 0 amide bonds. The van der Waals surface area contributed by atoms with Crippen molar-refractivity contribution in [3.63, 3.8) is 0 Å². The Bertz CT molecular complexity index is 444. The molecule has 0 bridgehead atoms. The molecule has 0 heterocycles. The maximum Gasteiger partial charge on any atom is 0.0964 e. The third-order valence-corrected chi connectivity index (χ3v) is 5.69. The lowest BCUT2D eigenvalue weighted by atomic mass is 9.55. The minimum absolute atomic E-state index is 0.181. The van der Waals surface area contributed by atoms with Crippen LogP contribution in [-0.2, 0) is 5.60 Å². The number of rotatable bonds is 5. The number of aliphatic hydroxyl groups is 1. The molecule has 1 aliphatic rings. The van der Waals surface area contributed by atoms with Crippen molar-refractivity contribution in [3.05, 3.63) is 35.9 Å². The van der Waals surface area contributed by atoms with Gasteiger partial charge in [-0.25, -0.2) is 0 Å². The normalized spacial score (nSPS) is 23.5. The Morgan fingerprint density at radius 2 is 1.67 bits per heavy atom. The van der Waals surface area contributed by atoms with Crippen LogP contribution in [0, 0.1) is 10.8 Å². The van der Waals surface area contributed by atoms with Crippen molar-refractivity contribution in [2.75, 3.05) is 6.54 Å². The van der Waals surface area contributed by atoms with Crippen molar-refractivity contribution < 1.29 is 5.11 Å². The molecular weight excluding hydrogens is 258 g/mol. The van der Waals surface area contributed by atoms with E-state index in [1.165, 1.54) is 0 Å². The molecule has 2 heteroatoms. The maximum absolute atomic E-state index is 11.6. The Morgan fingerprint density at radius 3 is 2.14 bits per heavy atom. The summed E-state index contributed by atoms with van der Waals surface area (Å²) in [4.78, 5) is 0. The highest BCUT2D eigenvalue weighted by Gasteiger charge is 2.52. The Labute approximate surface area is 129 Å². The van der Waals surface area contributed by atoms with Crippen molar-refractivity contribution in [2.24, 2.45) is 16.6 Å². The van der Waals surface area contributed by atoms with Gasteiger partial charge < -0.3 is 10.8 Å². The molecule has 0 saturated heterocycles. The molecule has 0 aromatic heterocycles. The van der Waals surface area contributed by atoms with Crippen LogP contribution in [0.25, 0.3) is 0 Å². The SMILES string of the molecule is CCCC(O)(c1ccccc1)C1(CN)CCC(C)(C)CC1. The lowest BCUT2D eigenvalue weighted by Crippen LogP contribution is -2.53. The molecule has 1 fully saturated rings. The monoisotopic (exact) mass is 289 g/mol. The Hall–Kier alpha value is -0.860.